The smallest absolute Gasteiger partial charge is 0.178 e. The van der Waals surface area contributed by atoms with Crippen molar-refractivity contribution in [3.05, 3.63) is 140 Å². The number of hydrogen-bond acceptors (Lipinski definition) is 3. The van der Waals surface area contributed by atoms with Gasteiger partial charge in [-0.3, -0.25) is 0 Å². The highest BCUT2D eigenvalue weighted by molar-refractivity contribution is 6.20. The van der Waals surface area contributed by atoms with E-state index in [-0.39, 0.29) is 0 Å². The SMILES string of the molecule is c1ccc2c(c1)oc1ccc(-c3ccc4c(c3)c3ccccc3n4-c3cccc4c3oc3c4ccc4c5ccccc5oc43)cc12. The van der Waals surface area contributed by atoms with Crippen molar-refractivity contribution in [2.75, 3.05) is 0 Å². The second-order valence-corrected chi connectivity index (χ2v) is 12.1. The summed E-state index contributed by atoms with van der Waals surface area (Å²) in [7, 11) is 0. The second kappa shape index (κ2) is 8.68. The normalized spacial score (nSPS) is 12.3. The van der Waals surface area contributed by atoms with Crippen LogP contribution in [0.2, 0.25) is 0 Å². The van der Waals surface area contributed by atoms with Crippen LogP contribution in [-0.4, -0.2) is 4.57 Å². The van der Waals surface area contributed by atoms with E-state index in [1.54, 1.807) is 0 Å². The van der Waals surface area contributed by atoms with Crippen molar-refractivity contribution in [1.82, 2.24) is 4.57 Å². The first kappa shape index (κ1) is 24.1. The molecule has 0 radical (unpaired) electrons. The molecule has 0 atom stereocenters. The average molecular weight is 590 g/mol. The van der Waals surface area contributed by atoms with Crippen LogP contribution in [-0.2, 0) is 0 Å². The lowest BCUT2D eigenvalue weighted by Gasteiger charge is -2.09. The molecule has 0 aliphatic rings. The molecule has 0 saturated carbocycles. The number of para-hydroxylation sites is 4. The molecule has 0 unspecified atom stereocenters. The zero-order valence-electron chi connectivity index (χ0n) is 24.5. The van der Waals surface area contributed by atoms with E-state index in [0.717, 1.165) is 93.7 Å². The topological polar surface area (TPSA) is 44.4 Å². The zero-order chi connectivity index (χ0) is 29.9. The fraction of sp³-hybridized carbons (Fsp3) is 0. The molecule has 0 amide bonds. The number of fused-ring (bicyclic) bond motifs is 13. The molecule has 46 heavy (non-hydrogen) atoms. The van der Waals surface area contributed by atoms with Gasteiger partial charge in [0.15, 0.2) is 16.7 Å². The Balaban J connectivity index is 1.16. The van der Waals surface area contributed by atoms with Gasteiger partial charge in [0.05, 0.1) is 16.7 Å². The van der Waals surface area contributed by atoms with Gasteiger partial charge < -0.3 is 17.8 Å². The predicted molar refractivity (Wildman–Crippen MR) is 188 cm³/mol. The molecule has 4 aromatic heterocycles. The number of aromatic nitrogens is 1. The van der Waals surface area contributed by atoms with E-state index in [0.29, 0.717) is 0 Å². The Bertz CT molecular complexity index is 3040. The van der Waals surface area contributed by atoms with Crippen molar-refractivity contribution in [1.29, 1.82) is 0 Å². The average Bonchev–Trinajstić information content (AvgIpc) is 3.86. The quantitative estimate of drug-likeness (QED) is 0.201. The number of hydrogen-bond donors (Lipinski definition) is 0. The van der Waals surface area contributed by atoms with Crippen LogP contribution in [0, 0.1) is 0 Å². The Morgan fingerprint density at radius 1 is 0.326 bits per heavy atom. The highest BCUT2D eigenvalue weighted by atomic mass is 16.4. The Morgan fingerprint density at radius 3 is 1.74 bits per heavy atom. The summed E-state index contributed by atoms with van der Waals surface area (Å²) in [6.45, 7) is 0. The third-order valence-electron chi connectivity index (χ3n) is 9.61. The van der Waals surface area contributed by atoms with E-state index < -0.39 is 0 Å². The van der Waals surface area contributed by atoms with Crippen molar-refractivity contribution >= 4 is 87.6 Å². The molecule has 0 aliphatic heterocycles. The summed E-state index contributed by atoms with van der Waals surface area (Å²) in [5, 5.41) is 8.93. The van der Waals surface area contributed by atoms with Crippen molar-refractivity contribution in [2.45, 2.75) is 0 Å². The minimum absolute atomic E-state index is 0.779. The summed E-state index contributed by atoms with van der Waals surface area (Å²) in [6.07, 6.45) is 0. The summed E-state index contributed by atoms with van der Waals surface area (Å²) < 4.78 is 21.6. The Labute approximate surface area is 261 Å². The number of furan rings is 3. The molecule has 214 valence electrons. The lowest BCUT2D eigenvalue weighted by molar-refractivity contribution is 0.632. The van der Waals surface area contributed by atoms with Gasteiger partial charge in [-0.1, -0.05) is 78.9 Å². The fourth-order valence-electron chi connectivity index (χ4n) is 7.52. The van der Waals surface area contributed by atoms with Crippen molar-refractivity contribution in [3.63, 3.8) is 0 Å². The van der Waals surface area contributed by atoms with Crippen LogP contribution in [0.3, 0.4) is 0 Å². The lowest BCUT2D eigenvalue weighted by Crippen LogP contribution is -1.94. The minimum atomic E-state index is 0.779. The maximum absolute atomic E-state index is 6.79. The molecule has 11 rings (SSSR count). The van der Waals surface area contributed by atoms with Crippen LogP contribution in [0.15, 0.2) is 153 Å². The van der Waals surface area contributed by atoms with Gasteiger partial charge >= 0.3 is 0 Å². The first-order valence-corrected chi connectivity index (χ1v) is 15.5. The molecular weight excluding hydrogens is 566 g/mol. The highest BCUT2D eigenvalue weighted by Crippen LogP contribution is 2.42. The van der Waals surface area contributed by atoms with Crippen LogP contribution >= 0.6 is 0 Å². The van der Waals surface area contributed by atoms with Gasteiger partial charge in [-0.2, -0.15) is 0 Å². The Hall–Kier alpha value is -6.26. The molecule has 11 aromatic rings. The van der Waals surface area contributed by atoms with E-state index >= 15 is 0 Å². The van der Waals surface area contributed by atoms with Crippen molar-refractivity contribution < 1.29 is 13.3 Å². The van der Waals surface area contributed by atoms with Crippen LogP contribution in [0.1, 0.15) is 0 Å². The third kappa shape index (κ3) is 3.12. The molecule has 0 N–H and O–H groups in total. The van der Waals surface area contributed by atoms with E-state index in [1.807, 2.05) is 30.3 Å². The lowest BCUT2D eigenvalue weighted by atomic mass is 10.0. The van der Waals surface area contributed by atoms with Crippen LogP contribution in [0.25, 0.3) is 104 Å². The van der Waals surface area contributed by atoms with Gasteiger partial charge in [0.1, 0.15) is 16.7 Å². The Kier molecular flexibility index (Phi) is 4.55. The van der Waals surface area contributed by atoms with E-state index in [4.69, 9.17) is 13.3 Å². The molecule has 4 heterocycles. The van der Waals surface area contributed by atoms with Crippen LogP contribution < -0.4 is 0 Å². The molecule has 0 aliphatic carbocycles. The number of benzene rings is 7. The van der Waals surface area contributed by atoms with Crippen LogP contribution in [0.5, 0.6) is 0 Å². The fourth-order valence-corrected chi connectivity index (χ4v) is 7.52. The number of rotatable bonds is 2. The monoisotopic (exact) mass is 589 g/mol. The number of nitrogens with zero attached hydrogens (tertiary/aromatic N) is 1. The molecule has 4 heteroatoms. The molecule has 0 bridgehead atoms. The van der Waals surface area contributed by atoms with Gasteiger partial charge in [-0.05, 0) is 71.8 Å². The summed E-state index contributed by atoms with van der Waals surface area (Å²) >= 11 is 0. The largest absolute Gasteiger partial charge is 0.456 e. The van der Waals surface area contributed by atoms with E-state index in [9.17, 15) is 0 Å². The van der Waals surface area contributed by atoms with Crippen molar-refractivity contribution in [2.24, 2.45) is 0 Å². The maximum atomic E-state index is 6.79. The standard InChI is InChI=1S/C42H23NO3/c1-4-12-34-26(8-1)32-22-24(25-17-21-39-33(23-25)28-10-3-5-14-37(28)44-39)16-20-35(32)43(34)36-13-7-11-29-31-19-18-30-27-9-2-6-15-38(27)45-41(30)42(31)46-40(29)36/h1-23H. The molecule has 0 saturated heterocycles. The third-order valence-corrected chi connectivity index (χ3v) is 9.61. The summed E-state index contributed by atoms with van der Waals surface area (Å²) in [5.74, 6) is 0. The second-order valence-electron chi connectivity index (χ2n) is 12.1. The molecule has 7 aromatic carbocycles. The maximum Gasteiger partial charge on any atom is 0.178 e. The minimum Gasteiger partial charge on any atom is -0.456 e. The van der Waals surface area contributed by atoms with E-state index in [1.165, 1.54) is 10.8 Å². The first-order chi connectivity index (χ1) is 22.8. The van der Waals surface area contributed by atoms with Gasteiger partial charge in [-0.15, -0.1) is 0 Å². The molecule has 0 fully saturated rings. The zero-order valence-corrected chi connectivity index (χ0v) is 24.5. The van der Waals surface area contributed by atoms with Crippen LogP contribution in [0.4, 0.5) is 0 Å². The highest BCUT2D eigenvalue weighted by Gasteiger charge is 2.21. The summed E-state index contributed by atoms with van der Waals surface area (Å²) in [6, 6.07) is 49.0. The molecule has 0 spiro atoms. The Morgan fingerprint density at radius 2 is 0.891 bits per heavy atom. The predicted octanol–water partition coefficient (Wildman–Crippen LogP) is 12.1. The van der Waals surface area contributed by atoms with Gasteiger partial charge in [0, 0.05) is 43.1 Å². The van der Waals surface area contributed by atoms with Gasteiger partial charge in [0.2, 0.25) is 0 Å². The van der Waals surface area contributed by atoms with Gasteiger partial charge in [-0.25, -0.2) is 0 Å². The molecule has 4 nitrogen and oxygen atoms in total. The van der Waals surface area contributed by atoms with E-state index in [2.05, 4.69) is 114 Å². The van der Waals surface area contributed by atoms with Crippen molar-refractivity contribution in [3.8, 4) is 16.8 Å². The molecular formula is C42H23NO3. The summed E-state index contributed by atoms with van der Waals surface area (Å²) in [5.41, 5.74) is 10.7. The first-order valence-electron chi connectivity index (χ1n) is 15.5. The summed E-state index contributed by atoms with van der Waals surface area (Å²) in [4.78, 5) is 0. The van der Waals surface area contributed by atoms with Gasteiger partial charge in [0.25, 0.3) is 0 Å².